The number of aromatic nitrogens is 1. The van der Waals surface area contributed by atoms with Crippen LogP contribution in [-0.2, 0) is 10.0 Å². The van der Waals surface area contributed by atoms with Crippen molar-refractivity contribution in [2.75, 3.05) is 30.9 Å². The number of anilines is 1. The largest absolute Gasteiger partial charge is 0.358 e. The molecule has 0 radical (unpaired) electrons. The first-order valence-electron chi connectivity index (χ1n) is 9.54. The number of aromatic amines is 1. The zero-order valence-corrected chi connectivity index (χ0v) is 17.2. The quantitative estimate of drug-likeness (QED) is 0.595. The molecular formula is C21H21N5O3S. The number of benzene rings is 2. The number of piperazine rings is 1. The molecule has 154 valence electrons. The van der Waals surface area contributed by atoms with Gasteiger partial charge in [-0.15, -0.1) is 0 Å². The maximum absolute atomic E-state index is 13.0. The number of H-pyrrole nitrogens is 1. The van der Waals surface area contributed by atoms with E-state index in [2.05, 4.69) is 21.1 Å². The predicted molar refractivity (Wildman–Crippen MR) is 114 cm³/mol. The second-order valence-electron chi connectivity index (χ2n) is 7.17. The van der Waals surface area contributed by atoms with Gasteiger partial charge in [0, 0.05) is 43.3 Å². The molecule has 2 aromatic carbocycles. The summed E-state index contributed by atoms with van der Waals surface area (Å²) in [4.78, 5) is 17.4. The summed E-state index contributed by atoms with van der Waals surface area (Å²) in [6.45, 7) is 4.47. The van der Waals surface area contributed by atoms with Gasteiger partial charge in [0.25, 0.3) is 15.9 Å². The van der Waals surface area contributed by atoms with Crippen LogP contribution in [-0.4, -0.2) is 50.4 Å². The summed E-state index contributed by atoms with van der Waals surface area (Å²) in [7, 11) is -3.94. The molecule has 1 aromatic heterocycles. The standard InChI is InChI=1S/C21H21N5O3S/c1-14-5-6-18(20-19(14)16(12-22)13-24-20)25-30(28,29)17-4-2-3-15(11-17)21(27)26-9-7-23-8-10-26/h2-6,11,13,23-25H,7-10H2,1H3. The molecule has 0 aliphatic carbocycles. The lowest BCUT2D eigenvalue weighted by Crippen LogP contribution is -2.46. The van der Waals surface area contributed by atoms with E-state index >= 15 is 0 Å². The Kier molecular flexibility index (Phi) is 5.20. The molecule has 1 amide bonds. The van der Waals surface area contributed by atoms with Crippen LogP contribution in [0.2, 0.25) is 0 Å². The molecule has 0 bridgehead atoms. The van der Waals surface area contributed by atoms with Gasteiger partial charge in [0.05, 0.1) is 21.7 Å². The van der Waals surface area contributed by atoms with Crippen LogP contribution in [0.5, 0.6) is 0 Å². The number of hydrogen-bond donors (Lipinski definition) is 3. The first-order chi connectivity index (χ1) is 14.4. The molecule has 0 unspecified atom stereocenters. The van der Waals surface area contributed by atoms with Crippen molar-refractivity contribution in [1.82, 2.24) is 15.2 Å². The van der Waals surface area contributed by atoms with Gasteiger partial charge in [-0.2, -0.15) is 5.26 Å². The Morgan fingerprint density at radius 1 is 1.20 bits per heavy atom. The summed E-state index contributed by atoms with van der Waals surface area (Å²) >= 11 is 0. The monoisotopic (exact) mass is 423 g/mol. The SMILES string of the molecule is Cc1ccc(NS(=O)(=O)c2cccc(C(=O)N3CCNCC3)c2)c2[nH]cc(C#N)c12. The van der Waals surface area contributed by atoms with Gasteiger partial charge in [0.2, 0.25) is 0 Å². The second kappa shape index (κ2) is 7.82. The molecule has 1 aliphatic rings. The lowest BCUT2D eigenvalue weighted by molar-refractivity contribution is 0.0735. The van der Waals surface area contributed by atoms with Gasteiger partial charge in [0.1, 0.15) is 6.07 Å². The molecule has 1 fully saturated rings. The molecule has 3 aromatic rings. The molecule has 1 aliphatic heterocycles. The van der Waals surface area contributed by atoms with Crippen molar-refractivity contribution in [3.8, 4) is 6.07 Å². The molecule has 2 heterocycles. The molecule has 0 atom stereocenters. The summed E-state index contributed by atoms with van der Waals surface area (Å²) in [6.07, 6.45) is 1.56. The van der Waals surface area contributed by atoms with Gasteiger partial charge in [-0.25, -0.2) is 8.42 Å². The minimum atomic E-state index is -3.94. The van der Waals surface area contributed by atoms with E-state index in [1.807, 2.05) is 6.92 Å². The van der Waals surface area contributed by atoms with Crippen LogP contribution in [0.4, 0.5) is 5.69 Å². The molecule has 0 saturated carbocycles. The van der Waals surface area contributed by atoms with Crippen molar-refractivity contribution < 1.29 is 13.2 Å². The van der Waals surface area contributed by atoms with E-state index in [1.165, 1.54) is 12.1 Å². The lowest BCUT2D eigenvalue weighted by Gasteiger charge is -2.27. The number of rotatable bonds is 4. The van der Waals surface area contributed by atoms with Crippen molar-refractivity contribution in [3.63, 3.8) is 0 Å². The van der Waals surface area contributed by atoms with Crippen LogP contribution in [0.25, 0.3) is 10.9 Å². The fraction of sp³-hybridized carbons (Fsp3) is 0.238. The summed E-state index contributed by atoms with van der Waals surface area (Å²) < 4.78 is 28.7. The highest BCUT2D eigenvalue weighted by molar-refractivity contribution is 7.92. The maximum Gasteiger partial charge on any atom is 0.261 e. The van der Waals surface area contributed by atoms with Crippen LogP contribution in [0.1, 0.15) is 21.5 Å². The Morgan fingerprint density at radius 2 is 1.97 bits per heavy atom. The molecule has 4 rings (SSSR count). The first kappa shape index (κ1) is 19.9. The number of amides is 1. The number of nitrogens with zero attached hydrogens (tertiary/aromatic N) is 2. The summed E-state index contributed by atoms with van der Waals surface area (Å²) in [5.41, 5.74) is 2.54. The third-order valence-corrected chi connectivity index (χ3v) is 6.57. The Labute approximate surface area is 174 Å². The number of nitriles is 1. The van der Waals surface area contributed by atoms with Gasteiger partial charge >= 0.3 is 0 Å². The molecule has 8 nitrogen and oxygen atoms in total. The Bertz CT molecular complexity index is 1270. The van der Waals surface area contributed by atoms with Crippen LogP contribution in [0.15, 0.2) is 47.5 Å². The van der Waals surface area contributed by atoms with Crippen molar-refractivity contribution in [3.05, 3.63) is 59.3 Å². The molecule has 30 heavy (non-hydrogen) atoms. The third-order valence-electron chi connectivity index (χ3n) is 5.20. The first-order valence-corrected chi connectivity index (χ1v) is 11.0. The molecule has 0 spiro atoms. The molecule has 1 saturated heterocycles. The summed E-state index contributed by atoms with van der Waals surface area (Å²) in [5, 5.41) is 13.2. The lowest BCUT2D eigenvalue weighted by atomic mass is 10.1. The topological polar surface area (TPSA) is 118 Å². The summed E-state index contributed by atoms with van der Waals surface area (Å²) in [6, 6.07) is 11.6. The Balaban J connectivity index is 1.66. The van der Waals surface area contributed by atoms with E-state index in [1.54, 1.807) is 35.4 Å². The fourth-order valence-electron chi connectivity index (χ4n) is 3.64. The molecule has 9 heteroatoms. The predicted octanol–water partition coefficient (Wildman–Crippen LogP) is 2.19. The summed E-state index contributed by atoms with van der Waals surface area (Å²) in [5.74, 6) is -0.186. The zero-order chi connectivity index (χ0) is 21.3. The number of hydrogen-bond acceptors (Lipinski definition) is 5. The maximum atomic E-state index is 13.0. The fourth-order valence-corrected chi connectivity index (χ4v) is 4.76. The zero-order valence-electron chi connectivity index (χ0n) is 16.4. The average molecular weight is 423 g/mol. The second-order valence-corrected chi connectivity index (χ2v) is 8.85. The molecule has 3 N–H and O–H groups in total. The van der Waals surface area contributed by atoms with E-state index in [0.717, 1.165) is 18.7 Å². The Hall–Kier alpha value is -3.35. The Morgan fingerprint density at radius 3 is 2.70 bits per heavy atom. The van der Waals surface area contributed by atoms with Crippen LogP contribution in [0.3, 0.4) is 0 Å². The van der Waals surface area contributed by atoms with Crippen molar-refractivity contribution >= 4 is 32.5 Å². The van der Waals surface area contributed by atoms with Gasteiger partial charge in [-0.1, -0.05) is 12.1 Å². The van der Waals surface area contributed by atoms with Crippen molar-refractivity contribution in [2.45, 2.75) is 11.8 Å². The average Bonchev–Trinajstić information content (AvgIpc) is 3.21. The number of sulfonamides is 1. The highest BCUT2D eigenvalue weighted by Crippen LogP contribution is 2.30. The van der Waals surface area contributed by atoms with Crippen LogP contribution in [0, 0.1) is 18.3 Å². The van der Waals surface area contributed by atoms with Gasteiger partial charge < -0.3 is 15.2 Å². The highest BCUT2D eigenvalue weighted by Gasteiger charge is 2.22. The highest BCUT2D eigenvalue weighted by atomic mass is 32.2. The van der Waals surface area contributed by atoms with Crippen LogP contribution >= 0.6 is 0 Å². The number of nitrogens with one attached hydrogen (secondary N) is 3. The third kappa shape index (κ3) is 3.63. The number of fused-ring (bicyclic) bond motifs is 1. The van der Waals surface area contributed by atoms with E-state index in [4.69, 9.17) is 0 Å². The van der Waals surface area contributed by atoms with E-state index in [0.29, 0.717) is 40.8 Å². The van der Waals surface area contributed by atoms with Gasteiger partial charge in [0.15, 0.2) is 0 Å². The van der Waals surface area contributed by atoms with Crippen LogP contribution < -0.4 is 10.0 Å². The minimum Gasteiger partial charge on any atom is -0.358 e. The molecular weight excluding hydrogens is 402 g/mol. The van der Waals surface area contributed by atoms with Gasteiger partial charge in [-0.3, -0.25) is 9.52 Å². The van der Waals surface area contributed by atoms with Gasteiger partial charge in [-0.05, 0) is 36.8 Å². The smallest absolute Gasteiger partial charge is 0.261 e. The van der Waals surface area contributed by atoms with E-state index in [9.17, 15) is 18.5 Å². The van der Waals surface area contributed by atoms with E-state index < -0.39 is 10.0 Å². The number of aryl methyl sites for hydroxylation is 1. The number of carbonyl (C=O) groups excluding carboxylic acids is 1. The minimum absolute atomic E-state index is 0.00396. The number of carbonyl (C=O) groups is 1. The normalized spacial score (nSPS) is 14.5. The van der Waals surface area contributed by atoms with Crippen molar-refractivity contribution in [1.29, 1.82) is 5.26 Å². The van der Waals surface area contributed by atoms with Crippen molar-refractivity contribution in [2.24, 2.45) is 0 Å². The van der Waals surface area contributed by atoms with E-state index in [-0.39, 0.29) is 10.8 Å².